The van der Waals surface area contributed by atoms with Crippen molar-refractivity contribution in [2.24, 2.45) is 5.73 Å². The third kappa shape index (κ3) is 4.91. The van der Waals surface area contributed by atoms with Gasteiger partial charge in [-0.25, -0.2) is 4.79 Å². The Labute approximate surface area is 130 Å². The summed E-state index contributed by atoms with van der Waals surface area (Å²) < 4.78 is 4.86. The molecule has 1 aromatic carbocycles. The van der Waals surface area contributed by atoms with Gasteiger partial charge in [0.1, 0.15) is 0 Å². The predicted octanol–water partition coefficient (Wildman–Crippen LogP) is 2.63. The molecule has 0 fully saturated rings. The Morgan fingerprint density at radius 3 is 2.77 bits per heavy atom. The van der Waals surface area contributed by atoms with Crippen molar-refractivity contribution in [3.8, 4) is 0 Å². The van der Waals surface area contributed by atoms with Gasteiger partial charge in [-0.15, -0.1) is 0 Å². The minimum atomic E-state index is -0.664. The topological polar surface area (TPSA) is 81.4 Å². The summed E-state index contributed by atoms with van der Waals surface area (Å²) in [5.41, 5.74) is 7.59. The van der Waals surface area contributed by atoms with Crippen LogP contribution in [-0.2, 0) is 9.53 Å². The van der Waals surface area contributed by atoms with E-state index in [1.165, 1.54) is 31.3 Å². The molecular formula is C17H22N2O3. The van der Waals surface area contributed by atoms with Gasteiger partial charge in [0, 0.05) is 12.2 Å². The summed E-state index contributed by atoms with van der Waals surface area (Å²) in [6.45, 7) is 0.367. The first kappa shape index (κ1) is 16.1. The van der Waals surface area contributed by atoms with Gasteiger partial charge in [0.25, 0.3) is 5.91 Å². The molecule has 1 aliphatic rings. The molecule has 118 valence electrons. The van der Waals surface area contributed by atoms with Gasteiger partial charge in [-0.1, -0.05) is 23.8 Å². The van der Waals surface area contributed by atoms with Crippen molar-refractivity contribution in [1.82, 2.24) is 0 Å². The number of esters is 1. The lowest BCUT2D eigenvalue weighted by Gasteiger charge is -2.15. The highest BCUT2D eigenvalue weighted by molar-refractivity contribution is 5.96. The van der Waals surface area contributed by atoms with E-state index in [2.05, 4.69) is 11.4 Å². The van der Waals surface area contributed by atoms with Gasteiger partial charge in [-0.2, -0.15) is 0 Å². The number of primary amides is 1. The maximum absolute atomic E-state index is 12.0. The fourth-order valence-electron chi connectivity index (χ4n) is 2.52. The number of para-hydroxylation sites is 1. The van der Waals surface area contributed by atoms with Crippen LogP contribution in [-0.4, -0.2) is 25.0 Å². The first-order valence-electron chi connectivity index (χ1n) is 7.63. The molecule has 1 aliphatic carbocycles. The molecule has 0 heterocycles. The number of benzene rings is 1. The van der Waals surface area contributed by atoms with E-state index in [0.717, 1.165) is 13.0 Å². The Kier molecular flexibility index (Phi) is 6.01. The van der Waals surface area contributed by atoms with Crippen LogP contribution >= 0.6 is 0 Å². The number of hydrogen-bond acceptors (Lipinski definition) is 4. The maximum atomic E-state index is 12.0. The number of hydrogen-bond donors (Lipinski definition) is 2. The standard InChI is InChI=1S/C17H22N2O3/c18-16(20)12-22-17(21)14-8-4-5-9-15(14)19-11-10-13-6-2-1-3-7-13/h4-6,8-9,19H,1-3,7,10-12H2,(H2,18,20). The van der Waals surface area contributed by atoms with Crippen LogP contribution in [0.15, 0.2) is 35.9 Å². The van der Waals surface area contributed by atoms with Gasteiger partial charge in [-0.05, 0) is 44.2 Å². The van der Waals surface area contributed by atoms with Crippen LogP contribution in [0.25, 0.3) is 0 Å². The Morgan fingerprint density at radius 1 is 1.23 bits per heavy atom. The largest absolute Gasteiger partial charge is 0.452 e. The van der Waals surface area contributed by atoms with Crippen molar-refractivity contribution in [3.05, 3.63) is 41.5 Å². The quantitative estimate of drug-likeness (QED) is 0.599. The van der Waals surface area contributed by atoms with E-state index >= 15 is 0 Å². The number of ether oxygens (including phenoxy) is 1. The Balaban J connectivity index is 1.91. The van der Waals surface area contributed by atoms with Crippen LogP contribution in [0.5, 0.6) is 0 Å². The molecule has 0 saturated heterocycles. The highest BCUT2D eigenvalue weighted by atomic mass is 16.5. The number of amides is 1. The van der Waals surface area contributed by atoms with Gasteiger partial charge in [0.15, 0.2) is 6.61 Å². The Morgan fingerprint density at radius 2 is 2.05 bits per heavy atom. The first-order chi connectivity index (χ1) is 10.7. The van der Waals surface area contributed by atoms with E-state index in [4.69, 9.17) is 10.5 Å². The summed E-state index contributed by atoms with van der Waals surface area (Å²) >= 11 is 0. The molecule has 0 aliphatic heterocycles. The zero-order chi connectivity index (χ0) is 15.8. The van der Waals surface area contributed by atoms with E-state index in [-0.39, 0.29) is 0 Å². The Hall–Kier alpha value is -2.30. The van der Waals surface area contributed by atoms with Crippen molar-refractivity contribution in [1.29, 1.82) is 0 Å². The van der Waals surface area contributed by atoms with Gasteiger partial charge in [0.2, 0.25) is 0 Å². The van der Waals surface area contributed by atoms with Gasteiger partial charge < -0.3 is 15.8 Å². The van der Waals surface area contributed by atoms with Crippen LogP contribution in [0.2, 0.25) is 0 Å². The summed E-state index contributed by atoms with van der Waals surface area (Å²) in [5, 5.41) is 3.27. The smallest absolute Gasteiger partial charge is 0.340 e. The summed E-state index contributed by atoms with van der Waals surface area (Å²) in [7, 11) is 0. The molecule has 5 nitrogen and oxygen atoms in total. The van der Waals surface area contributed by atoms with E-state index < -0.39 is 18.5 Å². The summed E-state index contributed by atoms with van der Waals surface area (Å²) in [5.74, 6) is -1.21. The fourth-order valence-corrected chi connectivity index (χ4v) is 2.52. The molecule has 2 rings (SSSR count). The monoisotopic (exact) mass is 302 g/mol. The number of allylic oxidation sites excluding steroid dienone is 1. The minimum absolute atomic E-state index is 0.403. The number of nitrogens with two attached hydrogens (primary N) is 1. The molecule has 3 N–H and O–H groups in total. The van der Waals surface area contributed by atoms with Crippen LogP contribution in [0.1, 0.15) is 42.5 Å². The van der Waals surface area contributed by atoms with E-state index in [1.54, 1.807) is 12.1 Å². The van der Waals surface area contributed by atoms with Crippen molar-refractivity contribution in [3.63, 3.8) is 0 Å². The van der Waals surface area contributed by atoms with Crippen LogP contribution < -0.4 is 11.1 Å². The lowest BCUT2D eigenvalue weighted by molar-refractivity contribution is -0.121. The van der Waals surface area contributed by atoms with E-state index in [1.807, 2.05) is 12.1 Å². The minimum Gasteiger partial charge on any atom is -0.452 e. The highest BCUT2D eigenvalue weighted by Gasteiger charge is 2.13. The number of carbonyl (C=O) groups is 2. The number of anilines is 1. The number of carbonyl (C=O) groups excluding carboxylic acids is 2. The SMILES string of the molecule is NC(=O)COC(=O)c1ccccc1NCCC1=CCCCC1. The molecule has 5 heteroatoms. The molecular weight excluding hydrogens is 280 g/mol. The van der Waals surface area contributed by atoms with Crippen molar-refractivity contribution >= 4 is 17.6 Å². The molecule has 0 saturated carbocycles. The van der Waals surface area contributed by atoms with Crippen molar-refractivity contribution < 1.29 is 14.3 Å². The third-order valence-corrected chi connectivity index (χ3v) is 3.64. The van der Waals surface area contributed by atoms with E-state index in [9.17, 15) is 9.59 Å². The zero-order valence-electron chi connectivity index (χ0n) is 12.6. The van der Waals surface area contributed by atoms with Gasteiger partial charge >= 0.3 is 5.97 Å². The first-order valence-corrected chi connectivity index (χ1v) is 7.63. The molecule has 0 unspecified atom stereocenters. The molecule has 0 spiro atoms. The lowest BCUT2D eigenvalue weighted by atomic mass is 9.97. The number of nitrogens with one attached hydrogen (secondary N) is 1. The van der Waals surface area contributed by atoms with Crippen LogP contribution in [0.3, 0.4) is 0 Å². The maximum Gasteiger partial charge on any atom is 0.340 e. The normalized spacial score (nSPS) is 14.1. The molecule has 22 heavy (non-hydrogen) atoms. The highest BCUT2D eigenvalue weighted by Crippen LogP contribution is 2.21. The second-order valence-electron chi connectivity index (χ2n) is 5.37. The molecule has 0 radical (unpaired) electrons. The average Bonchev–Trinajstić information content (AvgIpc) is 2.54. The van der Waals surface area contributed by atoms with Crippen LogP contribution in [0, 0.1) is 0 Å². The second-order valence-corrected chi connectivity index (χ2v) is 5.37. The van der Waals surface area contributed by atoms with Crippen LogP contribution in [0.4, 0.5) is 5.69 Å². The number of rotatable bonds is 7. The summed E-state index contributed by atoms with van der Waals surface area (Å²) in [6, 6.07) is 7.12. The predicted molar refractivity (Wildman–Crippen MR) is 85.6 cm³/mol. The van der Waals surface area contributed by atoms with Crippen molar-refractivity contribution in [2.75, 3.05) is 18.5 Å². The van der Waals surface area contributed by atoms with Crippen molar-refractivity contribution in [2.45, 2.75) is 32.1 Å². The summed E-state index contributed by atoms with van der Waals surface area (Å²) in [4.78, 5) is 22.6. The summed E-state index contributed by atoms with van der Waals surface area (Å²) in [6.07, 6.45) is 8.19. The molecule has 1 amide bonds. The zero-order valence-corrected chi connectivity index (χ0v) is 12.6. The molecule has 0 aromatic heterocycles. The molecule has 0 atom stereocenters. The van der Waals surface area contributed by atoms with E-state index in [0.29, 0.717) is 11.3 Å². The van der Waals surface area contributed by atoms with Gasteiger partial charge in [0.05, 0.1) is 5.56 Å². The third-order valence-electron chi connectivity index (χ3n) is 3.64. The second kappa shape index (κ2) is 8.22. The fraction of sp³-hybridized carbons (Fsp3) is 0.412. The lowest BCUT2D eigenvalue weighted by Crippen LogP contribution is -2.21. The molecule has 0 bridgehead atoms. The Bertz CT molecular complexity index is 567. The average molecular weight is 302 g/mol. The molecule has 1 aromatic rings. The van der Waals surface area contributed by atoms with Gasteiger partial charge in [-0.3, -0.25) is 4.79 Å².